The van der Waals surface area contributed by atoms with Crippen LogP contribution >= 0.6 is 23.2 Å². The summed E-state index contributed by atoms with van der Waals surface area (Å²) < 4.78 is 4.64. The van der Waals surface area contributed by atoms with Gasteiger partial charge < -0.3 is 15.0 Å². The van der Waals surface area contributed by atoms with E-state index in [0.717, 1.165) is 0 Å². The number of anilines is 2. The lowest BCUT2D eigenvalue weighted by Crippen LogP contribution is -2.36. The van der Waals surface area contributed by atoms with Crippen molar-refractivity contribution >= 4 is 52.4 Å². The lowest BCUT2D eigenvalue weighted by molar-refractivity contribution is -0.120. The number of methoxy groups -OCH3 is 1. The van der Waals surface area contributed by atoms with Crippen LogP contribution in [0.2, 0.25) is 10.0 Å². The molecule has 0 aromatic heterocycles. The number of amides is 2. The van der Waals surface area contributed by atoms with Crippen molar-refractivity contribution in [1.82, 2.24) is 0 Å². The zero-order valence-corrected chi connectivity index (χ0v) is 15.6. The first-order valence-electron chi connectivity index (χ1n) is 7.53. The van der Waals surface area contributed by atoms with E-state index in [4.69, 9.17) is 23.2 Å². The Morgan fingerprint density at radius 2 is 1.81 bits per heavy atom. The fraction of sp³-hybridized carbons (Fsp3) is 0.167. The Morgan fingerprint density at radius 3 is 2.42 bits per heavy atom. The summed E-state index contributed by atoms with van der Waals surface area (Å²) in [5, 5.41) is 3.27. The van der Waals surface area contributed by atoms with Crippen LogP contribution < -0.4 is 10.2 Å². The number of esters is 1. The zero-order chi connectivity index (χ0) is 19.3. The average molecular weight is 395 g/mol. The highest BCUT2D eigenvalue weighted by Gasteiger charge is 2.17. The normalized spacial score (nSPS) is 10.2. The van der Waals surface area contributed by atoms with Crippen molar-refractivity contribution in [1.29, 1.82) is 0 Å². The SMILES string of the molecule is COC(=O)c1cccc(NC(=O)CN(C(C)=O)c2ccc(Cl)c(Cl)c2)c1. The first-order chi connectivity index (χ1) is 12.3. The van der Waals surface area contributed by atoms with Crippen molar-refractivity contribution in [3.05, 3.63) is 58.1 Å². The Hall–Kier alpha value is -2.57. The fourth-order valence-electron chi connectivity index (χ4n) is 2.22. The van der Waals surface area contributed by atoms with E-state index in [9.17, 15) is 14.4 Å². The Bertz CT molecular complexity index is 855. The van der Waals surface area contributed by atoms with E-state index in [0.29, 0.717) is 22.0 Å². The molecule has 2 rings (SSSR count). The number of carbonyl (C=O) groups excluding carboxylic acids is 3. The zero-order valence-electron chi connectivity index (χ0n) is 14.1. The van der Waals surface area contributed by atoms with E-state index in [2.05, 4.69) is 10.1 Å². The van der Waals surface area contributed by atoms with Gasteiger partial charge in [0.25, 0.3) is 0 Å². The number of nitrogens with zero attached hydrogens (tertiary/aromatic N) is 1. The molecule has 0 heterocycles. The molecule has 0 saturated heterocycles. The number of rotatable bonds is 5. The Balaban J connectivity index is 2.14. The predicted octanol–water partition coefficient (Wildman–Crippen LogP) is 3.77. The van der Waals surface area contributed by atoms with Gasteiger partial charge in [-0.25, -0.2) is 4.79 Å². The number of ether oxygens (including phenoxy) is 1. The van der Waals surface area contributed by atoms with E-state index in [1.807, 2.05) is 0 Å². The molecule has 1 N–H and O–H groups in total. The van der Waals surface area contributed by atoms with Crippen molar-refractivity contribution in [3.63, 3.8) is 0 Å². The minimum absolute atomic E-state index is 0.226. The van der Waals surface area contributed by atoms with Gasteiger partial charge in [-0.05, 0) is 36.4 Å². The molecule has 6 nitrogen and oxygen atoms in total. The second-order valence-electron chi connectivity index (χ2n) is 5.32. The van der Waals surface area contributed by atoms with Gasteiger partial charge in [-0.1, -0.05) is 29.3 Å². The number of benzene rings is 2. The van der Waals surface area contributed by atoms with Gasteiger partial charge in [-0.15, -0.1) is 0 Å². The van der Waals surface area contributed by atoms with Crippen LogP contribution in [0.5, 0.6) is 0 Å². The maximum absolute atomic E-state index is 12.3. The topological polar surface area (TPSA) is 75.7 Å². The molecular formula is C18H16Cl2N2O4. The molecule has 136 valence electrons. The van der Waals surface area contributed by atoms with Crippen molar-refractivity contribution in [2.45, 2.75) is 6.92 Å². The third-order valence-corrected chi connectivity index (χ3v) is 4.20. The van der Waals surface area contributed by atoms with Gasteiger partial charge in [0.1, 0.15) is 6.54 Å². The summed E-state index contributed by atoms with van der Waals surface area (Å²) in [6, 6.07) is 11.0. The molecule has 0 aliphatic carbocycles. The number of hydrogen-bond donors (Lipinski definition) is 1. The standard InChI is InChI=1S/C18H16Cl2N2O4/c1-11(23)22(14-6-7-15(19)16(20)9-14)10-17(24)21-13-5-3-4-12(8-13)18(25)26-2/h3-9H,10H2,1-2H3,(H,21,24). The summed E-state index contributed by atoms with van der Waals surface area (Å²) in [4.78, 5) is 37.1. The van der Waals surface area contributed by atoms with Gasteiger partial charge in [0.2, 0.25) is 11.8 Å². The smallest absolute Gasteiger partial charge is 0.337 e. The van der Waals surface area contributed by atoms with Crippen molar-refractivity contribution in [3.8, 4) is 0 Å². The van der Waals surface area contributed by atoms with E-state index in [1.54, 1.807) is 30.3 Å². The molecule has 0 saturated carbocycles. The van der Waals surface area contributed by atoms with Crippen LogP contribution in [-0.4, -0.2) is 31.4 Å². The molecule has 0 fully saturated rings. The molecule has 26 heavy (non-hydrogen) atoms. The highest BCUT2D eigenvalue weighted by Crippen LogP contribution is 2.27. The molecule has 8 heteroatoms. The van der Waals surface area contributed by atoms with Gasteiger partial charge in [0.15, 0.2) is 0 Å². The molecular weight excluding hydrogens is 379 g/mol. The highest BCUT2D eigenvalue weighted by atomic mass is 35.5. The second-order valence-corrected chi connectivity index (χ2v) is 6.14. The summed E-state index contributed by atoms with van der Waals surface area (Å²) >= 11 is 11.9. The quantitative estimate of drug-likeness (QED) is 0.782. The molecule has 0 unspecified atom stereocenters. The first kappa shape index (κ1) is 19.8. The van der Waals surface area contributed by atoms with Crippen LogP contribution in [0.3, 0.4) is 0 Å². The Labute approximate surface area is 160 Å². The fourth-order valence-corrected chi connectivity index (χ4v) is 2.52. The summed E-state index contributed by atoms with van der Waals surface area (Å²) in [7, 11) is 1.27. The van der Waals surface area contributed by atoms with E-state index in [-0.39, 0.29) is 17.5 Å². The molecule has 2 aromatic rings. The molecule has 0 atom stereocenters. The van der Waals surface area contributed by atoms with Crippen molar-refractivity contribution < 1.29 is 19.1 Å². The molecule has 0 bridgehead atoms. The van der Waals surface area contributed by atoms with Gasteiger partial charge in [0, 0.05) is 18.3 Å². The summed E-state index contributed by atoms with van der Waals surface area (Å²) in [6.07, 6.45) is 0. The number of nitrogens with one attached hydrogen (secondary N) is 1. The van der Waals surface area contributed by atoms with Crippen LogP contribution in [-0.2, 0) is 14.3 Å². The lowest BCUT2D eigenvalue weighted by Gasteiger charge is -2.21. The van der Waals surface area contributed by atoms with Crippen LogP contribution in [0, 0.1) is 0 Å². The molecule has 2 amide bonds. The third-order valence-electron chi connectivity index (χ3n) is 3.46. The van der Waals surface area contributed by atoms with E-state index < -0.39 is 11.9 Å². The van der Waals surface area contributed by atoms with Crippen molar-refractivity contribution in [2.24, 2.45) is 0 Å². The maximum Gasteiger partial charge on any atom is 0.337 e. The van der Waals surface area contributed by atoms with E-state index in [1.165, 1.54) is 31.1 Å². The number of halogens is 2. The maximum atomic E-state index is 12.3. The van der Waals surface area contributed by atoms with Crippen LogP contribution in [0.15, 0.2) is 42.5 Å². The molecule has 0 spiro atoms. The van der Waals surface area contributed by atoms with Crippen LogP contribution in [0.4, 0.5) is 11.4 Å². The molecule has 0 aliphatic rings. The lowest BCUT2D eigenvalue weighted by atomic mass is 10.2. The highest BCUT2D eigenvalue weighted by molar-refractivity contribution is 6.42. The third kappa shape index (κ3) is 4.97. The van der Waals surface area contributed by atoms with Gasteiger partial charge in [-0.3, -0.25) is 9.59 Å². The summed E-state index contributed by atoms with van der Waals surface area (Å²) in [6.45, 7) is 1.11. The monoisotopic (exact) mass is 394 g/mol. The van der Waals surface area contributed by atoms with Gasteiger partial charge >= 0.3 is 5.97 Å². The minimum atomic E-state index is -0.512. The number of hydrogen-bond acceptors (Lipinski definition) is 4. The van der Waals surface area contributed by atoms with Gasteiger partial charge in [0.05, 0.1) is 22.7 Å². The molecule has 0 aliphatic heterocycles. The van der Waals surface area contributed by atoms with Gasteiger partial charge in [-0.2, -0.15) is 0 Å². The average Bonchev–Trinajstić information content (AvgIpc) is 2.61. The molecule has 2 aromatic carbocycles. The first-order valence-corrected chi connectivity index (χ1v) is 8.29. The molecule has 0 radical (unpaired) electrons. The van der Waals surface area contributed by atoms with Crippen LogP contribution in [0.25, 0.3) is 0 Å². The largest absolute Gasteiger partial charge is 0.465 e. The summed E-state index contributed by atoms with van der Waals surface area (Å²) in [5.41, 5.74) is 1.17. The Kier molecular flexibility index (Phi) is 6.60. The Morgan fingerprint density at radius 1 is 1.08 bits per heavy atom. The van der Waals surface area contributed by atoms with Crippen LogP contribution in [0.1, 0.15) is 17.3 Å². The summed E-state index contributed by atoms with van der Waals surface area (Å²) in [5.74, 6) is -1.28. The number of carbonyl (C=O) groups is 3. The predicted molar refractivity (Wildman–Crippen MR) is 101 cm³/mol. The van der Waals surface area contributed by atoms with Crippen molar-refractivity contribution in [2.75, 3.05) is 23.9 Å². The minimum Gasteiger partial charge on any atom is -0.465 e. The van der Waals surface area contributed by atoms with E-state index >= 15 is 0 Å². The second kappa shape index (κ2) is 8.69.